The van der Waals surface area contributed by atoms with Gasteiger partial charge in [-0.25, -0.2) is 14.2 Å². The summed E-state index contributed by atoms with van der Waals surface area (Å²) in [4.78, 5) is 12.1. The van der Waals surface area contributed by atoms with E-state index in [9.17, 15) is 18.7 Å². The fraction of sp³-hybridized carbons (Fsp3) is 0. The first-order chi connectivity index (χ1) is 11.6. The van der Waals surface area contributed by atoms with Crippen molar-refractivity contribution in [3.05, 3.63) is 77.4 Å². The lowest BCUT2D eigenvalue weighted by atomic mass is 10.1. The van der Waals surface area contributed by atoms with E-state index in [1.165, 1.54) is 18.2 Å². The Kier molecular flexibility index (Phi) is 4.20. The van der Waals surface area contributed by atoms with E-state index >= 15 is 0 Å². The summed E-state index contributed by atoms with van der Waals surface area (Å²) in [5.74, 6) is -2.48. The molecule has 0 fully saturated rings. The molecule has 0 aliphatic heterocycles. The molecule has 0 aromatic heterocycles. The number of carbonyl (C=O) groups is 1. The highest BCUT2D eigenvalue weighted by atomic mass is 19.1. The predicted octanol–water partition coefficient (Wildman–Crippen LogP) is 3.59. The molecular weight excluding hydrogens is 314 g/mol. The molecule has 0 atom stereocenters. The van der Waals surface area contributed by atoms with Crippen molar-refractivity contribution in [1.82, 2.24) is 5.43 Å². The molecule has 3 aromatic rings. The number of hydrogen-bond acceptors (Lipinski definition) is 3. The number of phenols is 1. The summed E-state index contributed by atoms with van der Waals surface area (Å²) in [6.07, 6.45) is 0.876. The summed E-state index contributed by atoms with van der Waals surface area (Å²) in [6.45, 7) is 0. The molecule has 0 aliphatic rings. The second-order valence-electron chi connectivity index (χ2n) is 5.05. The molecular formula is C18H12F2N2O2. The Bertz CT molecular complexity index is 935. The van der Waals surface area contributed by atoms with Crippen LogP contribution in [0.2, 0.25) is 0 Å². The molecule has 0 bridgehead atoms. The second-order valence-corrected chi connectivity index (χ2v) is 5.05. The molecule has 0 spiro atoms. The fourth-order valence-electron chi connectivity index (χ4n) is 2.26. The van der Waals surface area contributed by atoms with Crippen LogP contribution in [-0.4, -0.2) is 17.2 Å². The number of amides is 1. The van der Waals surface area contributed by atoms with Gasteiger partial charge in [0.05, 0.1) is 17.3 Å². The largest absolute Gasteiger partial charge is 0.507 e. The minimum Gasteiger partial charge on any atom is -0.507 e. The quantitative estimate of drug-likeness (QED) is 0.571. The Hall–Kier alpha value is -3.28. The highest BCUT2D eigenvalue weighted by Crippen LogP contribution is 2.24. The molecule has 6 heteroatoms. The predicted molar refractivity (Wildman–Crippen MR) is 87.0 cm³/mol. The molecule has 4 nitrogen and oxygen atoms in total. The molecule has 1 amide bonds. The summed E-state index contributed by atoms with van der Waals surface area (Å²) in [6, 6.07) is 13.6. The average Bonchev–Trinajstić information content (AvgIpc) is 2.56. The Morgan fingerprint density at radius 3 is 2.29 bits per heavy atom. The van der Waals surface area contributed by atoms with Gasteiger partial charge in [0.25, 0.3) is 5.91 Å². The van der Waals surface area contributed by atoms with Gasteiger partial charge >= 0.3 is 0 Å². The van der Waals surface area contributed by atoms with Crippen LogP contribution in [0, 0.1) is 11.6 Å². The van der Waals surface area contributed by atoms with Crippen LogP contribution in [0.25, 0.3) is 10.8 Å². The van der Waals surface area contributed by atoms with Crippen molar-refractivity contribution in [3.63, 3.8) is 0 Å². The monoisotopic (exact) mass is 326 g/mol. The highest BCUT2D eigenvalue weighted by Gasteiger charge is 2.12. The smallest absolute Gasteiger partial charge is 0.275 e. The van der Waals surface area contributed by atoms with Crippen LogP contribution in [-0.2, 0) is 0 Å². The Labute approximate surface area is 136 Å². The van der Waals surface area contributed by atoms with Gasteiger partial charge < -0.3 is 5.11 Å². The van der Waals surface area contributed by atoms with Crippen LogP contribution in [0.1, 0.15) is 15.9 Å². The minimum absolute atomic E-state index is 0.0138. The SMILES string of the molecule is O=C(N/N=C\c1c(F)cccc1F)c1cc2ccccc2cc1O. The highest BCUT2D eigenvalue weighted by molar-refractivity contribution is 6.01. The lowest BCUT2D eigenvalue weighted by Crippen LogP contribution is -2.18. The van der Waals surface area contributed by atoms with E-state index in [1.54, 1.807) is 18.2 Å². The van der Waals surface area contributed by atoms with Crippen LogP contribution in [0.4, 0.5) is 8.78 Å². The number of hydrazone groups is 1. The molecule has 24 heavy (non-hydrogen) atoms. The van der Waals surface area contributed by atoms with Gasteiger partial charge in [0.15, 0.2) is 0 Å². The third-order valence-electron chi connectivity index (χ3n) is 3.47. The van der Waals surface area contributed by atoms with Gasteiger partial charge in [0.2, 0.25) is 0 Å². The standard InChI is InChI=1S/C18H12F2N2O2/c19-15-6-3-7-16(20)14(15)10-21-22-18(24)13-8-11-4-1-2-5-12(11)9-17(13)23/h1-10,23H,(H,22,24)/b21-10-. The topological polar surface area (TPSA) is 61.7 Å². The van der Waals surface area contributed by atoms with E-state index in [0.717, 1.165) is 29.1 Å². The van der Waals surface area contributed by atoms with E-state index < -0.39 is 17.5 Å². The molecule has 2 N–H and O–H groups in total. The van der Waals surface area contributed by atoms with E-state index in [2.05, 4.69) is 10.5 Å². The van der Waals surface area contributed by atoms with Gasteiger partial charge in [-0.15, -0.1) is 0 Å². The Balaban J connectivity index is 1.83. The molecule has 0 saturated heterocycles. The molecule has 0 radical (unpaired) electrons. The number of hydrogen-bond donors (Lipinski definition) is 2. The normalized spacial score (nSPS) is 11.1. The second kappa shape index (κ2) is 6.45. The van der Waals surface area contributed by atoms with Crippen molar-refractivity contribution in [2.24, 2.45) is 5.10 Å². The zero-order valence-electron chi connectivity index (χ0n) is 12.3. The number of carbonyl (C=O) groups excluding carboxylic acids is 1. The van der Waals surface area contributed by atoms with Crippen LogP contribution in [0.15, 0.2) is 59.7 Å². The van der Waals surface area contributed by atoms with E-state index in [1.807, 2.05) is 6.07 Å². The number of fused-ring (bicyclic) bond motifs is 1. The van der Waals surface area contributed by atoms with E-state index in [4.69, 9.17) is 0 Å². The first kappa shape index (κ1) is 15.6. The summed E-state index contributed by atoms with van der Waals surface area (Å²) in [5, 5.41) is 15.0. The van der Waals surface area contributed by atoms with Crippen molar-refractivity contribution in [1.29, 1.82) is 0 Å². The van der Waals surface area contributed by atoms with Crippen molar-refractivity contribution in [3.8, 4) is 5.75 Å². The summed E-state index contributed by atoms with van der Waals surface area (Å²) in [7, 11) is 0. The molecule has 3 rings (SSSR count). The lowest BCUT2D eigenvalue weighted by Gasteiger charge is -2.06. The number of rotatable bonds is 3. The van der Waals surface area contributed by atoms with Gasteiger partial charge in [0.1, 0.15) is 17.4 Å². The first-order valence-corrected chi connectivity index (χ1v) is 7.05. The number of halogens is 2. The van der Waals surface area contributed by atoms with Crippen LogP contribution in [0.3, 0.4) is 0 Å². The Morgan fingerprint density at radius 2 is 1.62 bits per heavy atom. The average molecular weight is 326 g/mol. The van der Waals surface area contributed by atoms with Crippen molar-refractivity contribution in [2.75, 3.05) is 0 Å². The lowest BCUT2D eigenvalue weighted by molar-refractivity contribution is 0.0952. The molecule has 120 valence electrons. The number of phenolic OH excluding ortho intramolecular Hbond substituents is 1. The van der Waals surface area contributed by atoms with Crippen LogP contribution in [0.5, 0.6) is 5.75 Å². The van der Waals surface area contributed by atoms with Gasteiger partial charge in [-0.2, -0.15) is 5.10 Å². The molecule has 3 aromatic carbocycles. The molecule has 0 unspecified atom stereocenters. The van der Waals surface area contributed by atoms with Gasteiger partial charge in [-0.05, 0) is 35.0 Å². The number of aromatic hydroxyl groups is 1. The minimum atomic E-state index is -0.790. The van der Waals surface area contributed by atoms with E-state index in [0.29, 0.717) is 0 Å². The van der Waals surface area contributed by atoms with Crippen molar-refractivity contribution in [2.45, 2.75) is 0 Å². The van der Waals surface area contributed by atoms with Crippen molar-refractivity contribution < 1.29 is 18.7 Å². The summed E-state index contributed by atoms with van der Waals surface area (Å²) in [5.41, 5.74) is 1.80. The van der Waals surface area contributed by atoms with Crippen LogP contribution >= 0.6 is 0 Å². The number of nitrogens with zero attached hydrogens (tertiary/aromatic N) is 1. The maximum atomic E-state index is 13.5. The molecule has 0 heterocycles. The zero-order chi connectivity index (χ0) is 17.1. The van der Waals surface area contributed by atoms with Crippen molar-refractivity contribution >= 4 is 22.9 Å². The summed E-state index contributed by atoms with van der Waals surface area (Å²) < 4.78 is 26.9. The number of benzene rings is 3. The zero-order valence-corrected chi connectivity index (χ0v) is 12.3. The number of nitrogens with one attached hydrogen (secondary N) is 1. The van der Waals surface area contributed by atoms with Gasteiger partial charge in [0, 0.05) is 0 Å². The Morgan fingerprint density at radius 1 is 1.00 bits per heavy atom. The maximum absolute atomic E-state index is 13.5. The third kappa shape index (κ3) is 3.08. The third-order valence-corrected chi connectivity index (χ3v) is 3.47. The van der Waals surface area contributed by atoms with Gasteiger partial charge in [-0.1, -0.05) is 30.3 Å². The first-order valence-electron chi connectivity index (χ1n) is 7.05. The summed E-state index contributed by atoms with van der Waals surface area (Å²) >= 11 is 0. The van der Waals surface area contributed by atoms with Gasteiger partial charge in [-0.3, -0.25) is 4.79 Å². The fourth-order valence-corrected chi connectivity index (χ4v) is 2.26. The van der Waals surface area contributed by atoms with E-state index in [-0.39, 0.29) is 16.9 Å². The maximum Gasteiger partial charge on any atom is 0.275 e. The van der Waals surface area contributed by atoms with Crippen LogP contribution < -0.4 is 5.43 Å². The molecule has 0 aliphatic carbocycles. The molecule has 0 saturated carbocycles.